The molecule has 0 fully saturated rings. The van der Waals surface area contributed by atoms with Gasteiger partial charge >= 0.3 is 15.5 Å². The van der Waals surface area contributed by atoms with Gasteiger partial charge in [0.25, 0.3) is 11.8 Å². The third-order valence-corrected chi connectivity index (χ3v) is 5.57. The van der Waals surface area contributed by atoms with Crippen LogP contribution >= 0.6 is 0 Å². The molecular weight excluding hydrogens is 341 g/mol. The maximum absolute atomic E-state index is 12.0. The lowest BCUT2D eigenvalue weighted by atomic mass is 10.4. The SMILES string of the molecule is O=C1C=CC(=O)N1CCCS(=O)(=O)NS(=O)(=O)C(F)(F)F. The minimum Gasteiger partial charge on any atom is -0.275 e. The summed E-state index contributed by atoms with van der Waals surface area (Å²) in [6, 6.07) is 0. The first-order valence-corrected chi connectivity index (χ1v) is 8.35. The Labute approximate surface area is 117 Å². The van der Waals surface area contributed by atoms with Crippen LogP contribution < -0.4 is 4.13 Å². The van der Waals surface area contributed by atoms with Crippen LogP contribution in [-0.2, 0) is 29.6 Å². The number of sulfonamides is 2. The quantitative estimate of drug-likeness (QED) is 0.619. The first-order chi connectivity index (χ1) is 9.36. The van der Waals surface area contributed by atoms with Gasteiger partial charge in [0.05, 0.1) is 5.75 Å². The van der Waals surface area contributed by atoms with E-state index < -0.39 is 49.5 Å². The predicted molar refractivity (Wildman–Crippen MR) is 62.4 cm³/mol. The molecular formula is C8H9F3N2O6S2. The zero-order chi connectivity index (χ0) is 16.5. The van der Waals surface area contributed by atoms with E-state index in [-0.39, 0.29) is 6.54 Å². The largest absolute Gasteiger partial charge is 0.512 e. The highest BCUT2D eigenvalue weighted by Gasteiger charge is 2.48. The topological polar surface area (TPSA) is 118 Å². The maximum atomic E-state index is 12.0. The monoisotopic (exact) mass is 350 g/mol. The fraction of sp³-hybridized carbons (Fsp3) is 0.500. The van der Waals surface area contributed by atoms with E-state index in [9.17, 15) is 39.6 Å². The molecule has 0 aliphatic carbocycles. The fourth-order valence-corrected chi connectivity index (χ4v) is 3.88. The summed E-state index contributed by atoms with van der Waals surface area (Å²) in [5, 5.41) is 0. The summed E-state index contributed by atoms with van der Waals surface area (Å²) in [4.78, 5) is 22.9. The lowest BCUT2D eigenvalue weighted by molar-refractivity contribution is -0.136. The Kier molecular flexibility index (Phi) is 4.80. The fourth-order valence-electron chi connectivity index (χ4n) is 1.32. The number of hydrogen-bond donors (Lipinski definition) is 1. The molecule has 0 saturated heterocycles. The Bertz CT molecular complexity index is 661. The lowest BCUT2D eigenvalue weighted by Gasteiger charge is -2.14. The Morgan fingerprint density at radius 2 is 1.52 bits per heavy atom. The van der Waals surface area contributed by atoms with Crippen LogP contribution in [-0.4, -0.2) is 51.4 Å². The van der Waals surface area contributed by atoms with Gasteiger partial charge in [0.2, 0.25) is 10.0 Å². The van der Waals surface area contributed by atoms with Crippen molar-refractivity contribution in [1.82, 2.24) is 9.03 Å². The third-order valence-electron chi connectivity index (χ3n) is 2.24. The Balaban J connectivity index is 2.59. The molecule has 21 heavy (non-hydrogen) atoms. The van der Waals surface area contributed by atoms with Crippen LogP contribution in [0.4, 0.5) is 13.2 Å². The summed E-state index contributed by atoms with van der Waals surface area (Å²) >= 11 is 0. The molecule has 2 amide bonds. The number of carbonyl (C=O) groups is 2. The van der Waals surface area contributed by atoms with Gasteiger partial charge < -0.3 is 0 Å². The van der Waals surface area contributed by atoms with E-state index in [4.69, 9.17) is 0 Å². The molecule has 1 aliphatic rings. The average Bonchev–Trinajstić information content (AvgIpc) is 2.57. The van der Waals surface area contributed by atoms with Gasteiger partial charge in [-0.3, -0.25) is 14.5 Å². The van der Waals surface area contributed by atoms with Gasteiger partial charge in [-0.15, -0.1) is 4.13 Å². The second-order valence-electron chi connectivity index (χ2n) is 3.87. The van der Waals surface area contributed by atoms with E-state index in [1.807, 2.05) is 0 Å². The summed E-state index contributed by atoms with van der Waals surface area (Å²) < 4.78 is 80.3. The van der Waals surface area contributed by atoms with Gasteiger partial charge in [-0.05, 0) is 6.42 Å². The van der Waals surface area contributed by atoms with E-state index in [0.717, 1.165) is 12.2 Å². The molecule has 0 aromatic heterocycles. The smallest absolute Gasteiger partial charge is 0.275 e. The number of alkyl halides is 3. The van der Waals surface area contributed by atoms with Crippen molar-refractivity contribution in [3.8, 4) is 0 Å². The van der Waals surface area contributed by atoms with Gasteiger partial charge in [-0.2, -0.15) is 13.2 Å². The van der Waals surface area contributed by atoms with Gasteiger partial charge in [0.1, 0.15) is 0 Å². The summed E-state index contributed by atoms with van der Waals surface area (Å²) in [6.45, 7) is -0.363. The molecule has 0 aromatic rings. The number of nitrogens with one attached hydrogen (secondary N) is 1. The first-order valence-electron chi connectivity index (χ1n) is 5.22. The highest BCUT2D eigenvalue weighted by atomic mass is 32.3. The highest BCUT2D eigenvalue weighted by Crippen LogP contribution is 2.22. The van der Waals surface area contributed by atoms with Crippen LogP contribution in [0.2, 0.25) is 0 Å². The first kappa shape index (κ1) is 17.6. The molecule has 0 bridgehead atoms. The number of nitrogens with zero attached hydrogens (tertiary/aromatic N) is 1. The maximum Gasteiger partial charge on any atom is 0.512 e. The second kappa shape index (κ2) is 5.73. The van der Waals surface area contributed by atoms with Crippen LogP contribution in [0, 0.1) is 0 Å². The molecule has 8 nitrogen and oxygen atoms in total. The van der Waals surface area contributed by atoms with Crippen molar-refractivity contribution in [1.29, 1.82) is 0 Å². The van der Waals surface area contributed by atoms with Crippen LogP contribution in [0.1, 0.15) is 6.42 Å². The number of amides is 2. The van der Waals surface area contributed by atoms with E-state index >= 15 is 0 Å². The minimum atomic E-state index is -6.02. The predicted octanol–water partition coefficient (Wildman–Crippen LogP) is -0.929. The molecule has 0 spiro atoms. The van der Waals surface area contributed by atoms with Crippen LogP contribution in [0.25, 0.3) is 0 Å². The molecule has 1 aliphatic heterocycles. The molecule has 1 N–H and O–H groups in total. The summed E-state index contributed by atoms with van der Waals surface area (Å²) in [5.74, 6) is -2.37. The van der Waals surface area contributed by atoms with Crippen molar-refractivity contribution in [2.45, 2.75) is 11.9 Å². The zero-order valence-electron chi connectivity index (χ0n) is 10.1. The van der Waals surface area contributed by atoms with Crippen molar-refractivity contribution < 1.29 is 39.6 Å². The van der Waals surface area contributed by atoms with Crippen LogP contribution in [0.5, 0.6) is 0 Å². The molecule has 1 rings (SSSR count). The molecule has 120 valence electrons. The molecule has 0 saturated carbocycles. The van der Waals surface area contributed by atoms with Crippen molar-refractivity contribution in [2.24, 2.45) is 0 Å². The molecule has 0 radical (unpaired) electrons. The van der Waals surface area contributed by atoms with E-state index in [1.165, 1.54) is 0 Å². The molecule has 1 heterocycles. The Morgan fingerprint density at radius 3 is 1.95 bits per heavy atom. The van der Waals surface area contributed by atoms with E-state index in [2.05, 4.69) is 0 Å². The number of halogens is 3. The standard InChI is InChI=1S/C8H9F3N2O6S2/c9-8(10,11)21(18,19)12-20(16,17)5-1-4-13-6(14)2-3-7(13)15/h2-3,12H,1,4-5H2. The van der Waals surface area contributed by atoms with Crippen LogP contribution in [0.3, 0.4) is 0 Å². The van der Waals surface area contributed by atoms with Gasteiger partial charge in [0.15, 0.2) is 0 Å². The zero-order valence-corrected chi connectivity index (χ0v) is 11.8. The van der Waals surface area contributed by atoms with Crippen LogP contribution in [0.15, 0.2) is 12.2 Å². The number of imide groups is 1. The van der Waals surface area contributed by atoms with Crippen molar-refractivity contribution in [3.63, 3.8) is 0 Å². The highest BCUT2D eigenvalue weighted by molar-refractivity contribution is 8.05. The van der Waals surface area contributed by atoms with Crippen molar-refractivity contribution in [3.05, 3.63) is 12.2 Å². The molecule has 0 unspecified atom stereocenters. The second-order valence-corrected chi connectivity index (χ2v) is 7.64. The normalized spacial score (nSPS) is 16.8. The molecule has 0 aromatic carbocycles. The van der Waals surface area contributed by atoms with Crippen molar-refractivity contribution in [2.75, 3.05) is 12.3 Å². The number of rotatable bonds is 6. The summed E-state index contributed by atoms with van der Waals surface area (Å²) in [5.41, 5.74) is -5.76. The van der Waals surface area contributed by atoms with E-state index in [0.29, 0.717) is 9.03 Å². The summed E-state index contributed by atoms with van der Waals surface area (Å²) in [7, 11) is -10.8. The van der Waals surface area contributed by atoms with Gasteiger partial charge in [0, 0.05) is 18.7 Å². The Hall–Kier alpha value is -1.47. The number of hydrogen-bond acceptors (Lipinski definition) is 6. The molecule has 0 atom stereocenters. The third kappa shape index (κ3) is 4.50. The summed E-state index contributed by atoms with van der Waals surface area (Å²) in [6.07, 6.45) is 1.48. The van der Waals surface area contributed by atoms with Crippen molar-refractivity contribution >= 4 is 31.9 Å². The lowest BCUT2D eigenvalue weighted by Crippen LogP contribution is -2.41. The average molecular weight is 350 g/mol. The van der Waals surface area contributed by atoms with Gasteiger partial charge in [-0.1, -0.05) is 0 Å². The Morgan fingerprint density at radius 1 is 1.05 bits per heavy atom. The number of carbonyl (C=O) groups excluding carboxylic acids is 2. The van der Waals surface area contributed by atoms with E-state index in [1.54, 1.807) is 0 Å². The minimum absolute atomic E-state index is 0.363. The van der Waals surface area contributed by atoms with Gasteiger partial charge in [-0.25, -0.2) is 16.8 Å². The molecule has 13 heteroatoms.